The Hall–Kier alpha value is -1.58. The summed E-state index contributed by atoms with van der Waals surface area (Å²) >= 11 is 0. The van der Waals surface area contributed by atoms with Crippen LogP contribution in [-0.4, -0.2) is 17.5 Å². The monoisotopic (exact) mass is 178 g/mol. The van der Waals surface area contributed by atoms with E-state index in [0.717, 1.165) is 12.0 Å². The summed E-state index contributed by atoms with van der Waals surface area (Å²) in [5.41, 5.74) is 1.07. The average molecular weight is 178 g/mol. The molecule has 0 bridgehead atoms. The predicted molar refractivity (Wildman–Crippen MR) is 47.7 cm³/mol. The molecule has 0 saturated heterocycles. The Morgan fingerprint density at radius 3 is 3.31 bits per heavy atom. The van der Waals surface area contributed by atoms with Crippen molar-refractivity contribution in [3.05, 3.63) is 17.8 Å². The van der Waals surface area contributed by atoms with E-state index in [1.807, 2.05) is 13.0 Å². The van der Waals surface area contributed by atoms with Crippen LogP contribution in [0.2, 0.25) is 0 Å². The van der Waals surface area contributed by atoms with Gasteiger partial charge in [-0.05, 0) is 18.1 Å². The fourth-order valence-corrected chi connectivity index (χ4v) is 1.32. The van der Waals surface area contributed by atoms with Gasteiger partial charge >= 0.3 is 0 Å². The van der Waals surface area contributed by atoms with Gasteiger partial charge in [-0.3, -0.25) is 4.79 Å². The number of pyridine rings is 1. The van der Waals surface area contributed by atoms with Crippen LogP contribution in [-0.2, 0) is 11.2 Å². The zero-order valence-electron chi connectivity index (χ0n) is 7.33. The molecule has 0 fully saturated rings. The zero-order chi connectivity index (χ0) is 9.26. The fourth-order valence-electron chi connectivity index (χ4n) is 1.32. The molecule has 13 heavy (non-hydrogen) atoms. The highest BCUT2D eigenvalue weighted by atomic mass is 16.5. The van der Waals surface area contributed by atoms with Gasteiger partial charge in [0, 0.05) is 6.20 Å². The van der Waals surface area contributed by atoms with E-state index in [0.29, 0.717) is 11.6 Å². The number of amides is 1. The van der Waals surface area contributed by atoms with Crippen molar-refractivity contribution in [3.63, 3.8) is 0 Å². The number of aryl methyl sites for hydroxylation is 1. The molecule has 2 rings (SSSR count). The number of hydrogen-bond acceptors (Lipinski definition) is 3. The van der Waals surface area contributed by atoms with E-state index in [4.69, 9.17) is 4.74 Å². The van der Waals surface area contributed by atoms with E-state index >= 15 is 0 Å². The Bertz CT molecular complexity index is 349. The summed E-state index contributed by atoms with van der Waals surface area (Å²) in [5, 5.41) is 2.66. The van der Waals surface area contributed by atoms with Crippen molar-refractivity contribution in [2.45, 2.75) is 13.3 Å². The molecule has 4 heteroatoms. The van der Waals surface area contributed by atoms with Crippen LogP contribution in [0.25, 0.3) is 0 Å². The Labute approximate surface area is 75.9 Å². The van der Waals surface area contributed by atoms with Gasteiger partial charge < -0.3 is 10.1 Å². The smallest absolute Gasteiger partial charge is 0.263 e. The van der Waals surface area contributed by atoms with Crippen LogP contribution in [0.5, 0.6) is 5.75 Å². The maximum absolute atomic E-state index is 10.9. The highest BCUT2D eigenvalue weighted by Crippen LogP contribution is 2.29. The van der Waals surface area contributed by atoms with Gasteiger partial charge in [0.15, 0.2) is 18.2 Å². The molecule has 0 unspecified atom stereocenters. The van der Waals surface area contributed by atoms with Crippen LogP contribution < -0.4 is 10.1 Å². The van der Waals surface area contributed by atoms with E-state index in [1.54, 1.807) is 6.20 Å². The van der Waals surface area contributed by atoms with Gasteiger partial charge in [0.2, 0.25) is 0 Å². The molecule has 1 aliphatic rings. The Morgan fingerprint density at radius 1 is 1.69 bits per heavy atom. The number of ether oxygens (including phenoxy) is 1. The topological polar surface area (TPSA) is 51.2 Å². The Balaban J connectivity index is 2.45. The van der Waals surface area contributed by atoms with Gasteiger partial charge in [-0.1, -0.05) is 6.92 Å². The van der Waals surface area contributed by atoms with Crippen LogP contribution in [0.1, 0.15) is 12.5 Å². The Morgan fingerprint density at radius 2 is 2.54 bits per heavy atom. The first-order chi connectivity index (χ1) is 6.31. The number of hydrogen-bond donors (Lipinski definition) is 1. The molecule has 1 aliphatic heterocycles. The van der Waals surface area contributed by atoms with E-state index < -0.39 is 0 Å². The summed E-state index contributed by atoms with van der Waals surface area (Å²) in [4.78, 5) is 15.0. The molecule has 1 aromatic rings. The number of anilines is 1. The molecular weight excluding hydrogens is 168 g/mol. The van der Waals surface area contributed by atoms with Gasteiger partial charge in [-0.2, -0.15) is 0 Å². The number of nitrogens with zero attached hydrogens (tertiary/aromatic N) is 1. The summed E-state index contributed by atoms with van der Waals surface area (Å²) in [5.74, 6) is 1.11. The van der Waals surface area contributed by atoms with Gasteiger partial charge in [0.1, 0.15) is 0 Å². The predicted octanol–water partition coefficient (Wildman–Crippen LogP) is 0.975. The number of fused-ring (bicyclic) bond motifs is 1. The van der Waals surface area contributed by atoms with E-state index in [1.165, 1.54) is 0 Å². The lowest BCUT2D eigenvalue weighted by Crippen LogP contribution is -2.26. The van der Waals surface area contributed by atoms with Crippen molar-refractivity contribution < 1.29 is 9.53 Å². The van der Waals surface area contributed by atoms with E-state index in [2.05, 4.69) is 10.3 Å². The summed E-state index contributed by atoms with van der Waals surface area (Å²) in [6.07, 6.45) is 2.55. The maximum atomic E-state index is 10.9. The summed E-state index contributed by atoms with van der Waals surface area (Å²) in [6.45, 7) is 2.13. The van der Waals surface area contributed by atoms with Gasteiger partial charge in [0.05, 0.1) is 0 Å². The molecule has 0 radical (unpaired) electrons. The first-order valence-corrected chi connectivity index (χ1v) is 4.21. The highest BCUT2D eigenvalue weighted by Gasteiger charge is 2.18. The van der Waals surface area contributed by atoms with Crippen molar-refractivity contribution in [2.24, 2.45) is 0 Å². The third-order valence-electron chi connectivity index (χ3n) is 1.97. The number of aromatic nitrogens is 1. The quantitative estimate of drug-likeness (QED) is 0.697. The molecule has 0 atom stereocenters. The standard InChI is InChI=1S/C9H10N2O2/c1-2-6-3-4-10-9-8(6)13-5-7(12)11-9/h3-4H,2,5H2,1H3,(H,10,11,12). The molecule has 68 valence electrons. The maximum Gasteiger partial charge on any atom is 0.263 e. The molecule has 2 heterocycles. The third-order valence-corrected chi connectivity index (χ3v) is 1.97. The minimum absolute atomic E-state index is 0.0890. The van der Waals surface area contributed by atoms with Crippen LogP contribution >= 0.6 is 0 Å². The van der Waals surface area contributed by atoms with Crippen LogP contribution in [0.15, 0.2) is 12.3 Å². The molecule has 1 N–H and O–H groups in total. The van der Waals surface area contributed by atoms with Crippen LogP contribution in [0.4, 0.5) is 5.82 Å². The summed E-state index contributed by atoms with van der Waals surface area (Å²) in [6, 6.07) is 1.90. The van der Waals surface area contributed by atoms with Gasteiger partial charge in [-0.25, -0.2) is 4.98 Å². The SMILES string of the molecule is CCc1ccnc2c1OCC(=O)N2. The zero-order valence-corrected chi connectivity index (χ0v) is 7.33. The molecular formula is C9H10N2O2. The lowest BCUT2D eigenvalue weighted by atomic mass is 10.2. The second-order valence-electron chi connectivity index (χ2n) is 2.84. The lowest BCUT2D eigenvalue weighted by molar-refractivity contribution is -0.118. The average Bonchev–Trinajstić information content (AvgIpc) is 2.16. The molecule has 0 saturated carbocycles. The number of carbonyl (C=O) groups is 1. The highest BCUT2D eigenvalue weighted by molar-refractivity contribution is 5.94. The number of nitrogens with one attached hydrogen (secondary N) is 1. The largest absolute Gasteiger partial charge is 0.480 e. The van der Waals surface area contributed by atoms with Gasteiger partial charge in [-0.15, -0.1) is 0 Å². The van der Waals surface area contributed by atoms with Crippen molar-refractivity contribution in [1.29, 1.82) is 0 Å². The molecule has 1 amide bonds. The lowest BCUT2D eigenvalue weighted by Gasteiger charge is -2.18. The number of carbonyl (C=O) groups excluding carboxylic acids is 1. The first-order valence-electron chi connectivity index (χ1n) is 4.21. The number of rotatable bonds is 1. The molecule has 0 aromatic carbocycles. The molecule has 0 spiro atoms. The van der Waals surface area contributed by atoms with Crippen LogP contribution in [0.3, 0.4) is 0 Å². The van der Waals surface area contributed by atoms with Crippen molar-refractivity contribution in [2.75, 3.05) is 11.9 Å². The minimum Gasteiger partial charge on any atom is -0.480 e. The minimum atomic E-state index is -0.145. The summed E-state index contributed by atoms with van der Waals surface area (Å²) < 4.78 is 5.28. The second-order valence-corrected chi connectivity index (χ2v) is 2.84. The molecule has 1 aromatic heterocycles. The van der Waals surface area contributed by atoms with E-state index in [9.17, 15) is 4.79 Å². The van der Waals surface area contributed by atoms with Crippen molar-refractivity contribution >= 4 is 11.7 Å². The Kier molecular flexibility index (Phi) is 1.88. The van der Waals surface area contributed by atoms with Gasteiger partial charge in [0.25, 0.3) is 5.91 Å². The normalized spacial score (nSPS) is 14.4. The first kappa shape index (κ1) is 8.04. The molecule has 0 aliphatic carbocycles. The molecule has 4 nitrogen and oxygen atoms in total. The second kappa shape index (κ2) is 3.05. The third kappa shape index (κ3) is 1.35. The van der Waals surface area contributed by atoms with Crippen molar-refractivity contribution in [3.8, 4) is 5.75 Å². The van der Waals surface area contributed by atoms with Crippen LogP contribution in [0, 0.1) is 0 Å². The van der Waals surface area contributed by atoms with E-state index in [-0.39, 0.29) is 12.5 Å². The summed E-state index contributed by atoms with van der Waals surface area (Å²) in [7, 11) is 0. The fraction of sp³-hybridized carbons (Fsp3) is 0.333. The van der Waals surface area contributed by atoms with Crippen molar-refractivity contribution in [1.82, 2.24) is 4.98 Å².